The molecule has 0 bridgehead atoms. The summed E-state index contributed by atoms with van der Waals surface area (Å²) >= 11 is 1.28. The summed E-state index contributed by atoms with van der Waals surface area (Å²) < 4.78 is 0. The maximum Gasteiger partial charge on any atom is 0.220 e. The Morgan fingerprint density at radius 3 is 3.09 bits per heavy atom. The first-order chi connectivity index (χ1) is 5.18. The van der Waals surface area contributed by atoms with Crippen LogP contribution in [0.25, 0.3) is 0 Å². The van der Waals surface area contributed by atoms with Crippen LogP contribution in [0.4, 0.5) is 0 Å². The fourth-order valence-electron chi connectivity index (χ4n) is 0.993. The van der Waals surface area contributed by atoms with Crippen LogP contribution in [0, 0.1) is 5.41 Å². The molecule has 11 heavy (non-hydrogen) atoms. The summed E-state index contributed by atoms with van der Waals surface area (Å²) in [6.45, 7) is 0. The molecular weight excluding hydrogens is 162 g/mol. The molecule has 0 aliphatic carbocycles. The topological polar surface area (TPSA) is 79.0 Å². The fourth-order valence-corrected chi connectivity index (χ4v) is 1.62. The van der Waals surface area contributed by atoms with Crippen LogP contribution in [-0.2, 0) is 4.79 Å². The van der Waals surface area contributed by atoms with Gasteiger partial charge in [-0.2, -0.15) is 0 Å². The first-order valence-electron chi connectivity index (χ1n) is 3.44. The molecule has 1 unspecified atom stereocenters. The molecule has 1 aliphatic rings. The molecule has 0 spiro atoms. The molecule has 5 heteroatoms. The van der Waals surface area contributed by atoms with Gasteiger partial charge in [-0.15, -0.1) is 0 Å². The smallest absolute Gasteiger partial charge is 0.220 e. The van der Waals surface area contributed by atoms with E-state index in [4.69, 9.17) is 11.1 Å². The van der Waals surface area contributed by atoms with Crippen molar-refractivity contribution in [3.8, 4) is 0 Å². The minimum absolute atomic E-state index is 0.110. The average Bonchev–Trinajstić information content (AvgIpc) is 2.31. The Hall–Kier alpha value is -0.710. The Kier molecular flexibility index (Phi) is 2.76. The number of thioether (sulfide) groups is 1. The van der Waals surface area contributed by atoms with E-state index in [9.17, 15) is 4.79 Å². The van der Waals surface area contributed by atoms with Gasteiger partial charge in [0.2, 0.25) is 5.91 Å². The normalized spacial score (nSPS) is 23.3. The zero-order valence-corrected chi connectivity index (χ0v) is 6.91. The lowest BCUT2D eigenvalue weighted by atomic mass is 10.2. The van der Waals surface area contributed by atoms with Crippen molar-refractivity contribution in [1.82, 2.24) is 5.32 Å². The SMILES string of the molecule is N=C(N)SCC1CCC(=O)N1. The van der Waals surface area contributed by atoms with Gasteiger partial charge in [0.25, 0.3) is 0 Å². The quantitative estimate of drug-likeness (QED) is 0.403. The van der Waals surface area contributed by atoms with E-state index in [1.54, 1.807) is 0 Å². The lowest BCUT2D eigenvalue weighted by Crippen LogP contribution is -2.28. The number of hydrogen-bond donors (Lipinski definition) is 3. The summed E-state index contributed by atoms with van der Waals surface area (Å²) in [5, 5.41) is 9.85. The van der Waals surface area contributed by atoms with Gasteiger partial charge in [0, 0.05) is 18.2 Å². The molecule has 1 aliphatic heterocycles. The standard InChI is InChI=1S/C6H11N3OS/c7-6(8)11-3-4-1-2-5(10)9-4/h4H,1-3H2,(H3,7,8)(H,9,10). The van der Waals surface area contributed by atoms with Crippen LogP contribution in [0.3, 0.4) is 0 Å². The molecule has 0 radical (unpaired) electrons. The minimum atomic E-state index is 0.110. The van der Waals surface area contributed by atoms with E-state index in [0.29, 0.717) is 6.42 Å². The van der Waals surface area contributed by atoms with Crippen LogP contribution >= 0.6 is 11.8 Å². The van der Waals surface area contributed by atoms with Crippen molar-refractivity contribution in [2.75, 3.05) is 5.75 Å². The van der Waals surface area contributed by atoms with Gasteiger partial charge in [0.1, 0.15) is 0 Å². The molecule has 4 N–H and O–H groups in total. The van der Waals surface area contributed by atoms with Crippen molar-refractivity contribution >= 4 is 22.8 Å². The molecule has 0 saturated carbocycles. The summed E-state index contributed by atoms with van der Waals surface area (Å²) in [6.07, 6.45) is 1.49. The number of hydrogen-bond acceptors (Lipinski definition) is 3. The van der Waals surface area contributed by atoms with E-state index in [2.05, 4.69) is 5.32 Å². The minimum Gasteiger partial charge on any atom is -0.379 e. The van der Waals surface area contributed by atoms with Crippen LogP contribution in [0.2, 0.25) is 0 Å². The summed E-state index contributed by atoms with van der Waals surface area (Å²) in [6, 6.07) is 0.219. The Morgan fingerprint density at radius 1 is 1.91 bits per heavy atom. The van der Waals surface area contributed by atoms with Gasteiger partial charge in [-0.25, -0.2) is 0 Å². The zero-order valence-electron chi connectivity index (χ0n) is 6.09. The molecule has 0 aromatic heterocycles. The van der Waals surface area contributed by atoms with E-state index in [0.717, 1.165) is 12.2 Å². The maximum atomic E-state index is 10.7. The number of amides is 1. The molecule has 1 atom stereocenters. The average molecular weight is 173 g/mol. The summed E-state index contributed by atoms with van der Waals surface area (Å²) in [4.78, 5) is 10.7. The Morgan fingerprint density at radius 2 is 2.64 bits per heavy atom. The van der Waals surface area contributed by atoms with E-state index in [-0.39, 0.29) is 17.1 Å². The molecule has 0 aromatic carbocycles. The van der Waals surface area contributed by atoms with Crippen molar-refractivity contribution in [2.24, 2.45) is 5.73 Å². The zero-order chi connectivity index (χ0) is 8.27. The second kappa shape index (κ2) is 3.61. The Labute approximate surface area is 69.4 Å². The van der Waals surface area contributed by atoms with Crippen LogP contribution in [0.15, 0.2) is 0 Å². The number of nitrogens with two attached hydrogens (primary N) is 1. The highest BCUT2D eigenvalue weighted by Gasteiger charge is 2.20. The predicted octanol–water partition coefficient (Wildman–Crippen LogP) is -0.108. The van der Waals surface area contributed by atoms with Crippen LogP contribution in [0.5, 0.6) is 0 Å². The molecule has 4 nitrogen and oxygen atoms in total. The third kappa shape index (κ3) is 2.80. The van der Waals surface area contributed by atoms with Crippen molar-refractivity contribution in [1.29, 1.82) is 5.41 Å². The van der Waals surface area contributed by atoms with Crippen LogP contribution in [-0.4, -0.2) is 22.9 Å². The van der Waals surface area contributed by atoms with Gasteiger partial charge in [0.15, 0.2) is 5.17 Å². The number of amidine groups is 1. The van der Waals surface area contributed by atoms with Crippen molar-refractivity contribution < 1.29 is 4.79 Å². The number of rotatable bonds is 2. The summed E-state index contributed by atoms with van der Waals surface area (Å²) in [5.41, 5.74) is 5.14. The van der Waals surface area contributed by atoms with Crippen molar-refractivity contribution in [3.05, 3.63) is 0 Å². The maximum absolute atomic E-state index is 10.7. The largest absolute Gasteiger partial charge is 0.379 e. The molecule has 1 heterocycles. The summed E-state index contributed by atoms with van der Waals surface area (Å²) in [7, 11) is 0. The van der Waals surface area contributed by atoms with Crippen molar-refractivity contribution in [2.45, 2.75) is 18.9 Å². The van der Waals surface area contributed by atoms with E-state index >= 15 is 0 Å². The number of nitrogens with one attached hydrogen (secondary N) is 2. The van der Waals surface area contributed by atoms with Gasteiger partial charge >= 0.3 is 0 Å². The molecule has 62 valence electrons. The van der Waals surface area contributed by atoms with E-state index in [1.165, 1.54) is 11.8 Å². The Bertz CT molecular complexity index is 183. The highest BCUT2D eigenvalue weighted by atomic mass is 32.2. The third-order valence-corrected chi connectivity index (χ3v) is 2.41. The van der Waals surface area contributed by atoms with Gasteiger partial charge in [0.05, 0.1) is 0 Å². The third-order valence-electron chi connectivity index (χ3n) is 1.52. The predicted molar refractivity (Wildman–Crippen MR) is 45.5 cm³/mol. The number of carbonyl (C=O) groups excluding carboxylic acids is 1. The van der Waals surface area contributed by atoms with Gasteiger partial charge in [-0.3, -0.25) is 10.2 Å². The first-order valence-corrected chi connectivity index (χ1v) is 4.43. The van der Waals surface area contributed by atoms with Crippen molar-refractivity contribution in [3.63, 3.8) is 0 Å². The fraction of sp³-hybridized carbons (Fsp3) is 0.667. The first kappa shape index (κ1) is 8.39. The van der Waals surface area contributed by atoms with E-state index < -0.39 is 0 Å². The summed E-state index contributed by atoms with van der Waals surface area (Å²) in [5.74, 6) is 0.834. The Balaban J connectivity index is 2.18. The molecule has 1 fully saturated rings. The van der Waals surface area contributed by atoms with E-state index in [1.807, 2.05) is 0 Å². The van der Waals surface area contributed by atoms with Crippen LogP contribution < -0.4 is 11.1 Å². The molecule has 1 saturated heterocycles. The van der Waals surface area contributed by atoms with Crippen LogP contribution in [0.1, 0.15) is 12.8 Å². The molecule has 1 amide bonds. The monoisotopic (exact) mass is 173 g/mol. The highest BCUT2D eigenvalue weighted by Crippen LogP contribution is 2.11. The van der Waals surface area contributed by atoms with Gasteiger partial charge < -0.3 is 11.1 Å². The van der Waals surface area contributed by atoms with Gasteiger partial charge in [-0.1, -0.05) is 11.8 Å². The second-order valence-corrected chi connectivity index (χ2v) is 3.54. The number of carbonyl (C=O) groups is 1. The lowest BCUT2D eigenvalue weighted by Gasteiger charge is -2.06. The lowest BCUT2D eigenvalue weighted by molar-refractivity contribution is -0.119. The highest BCUT2D eigenvalue weighted by molar-refractivity contribution is 8.13. The molecule has 1 rings (SSSR count). The second-order valence-electron chi connectivity index (χ2n) is 2.48. The molecular formula is C6H11N3OS. The van der Waals surface area contributed by atoms with Gasteiger partial charge in [-0.05, 0) is 6.42 Å². The molecule has 0 aromatic rings.